The summed E-state index contributed by atoms with van der Waals surface area (Å²) in [5.41, 5.74) is -2.28. The first-order chi connectivity index (χ1) is 9.12. The molecule has 1 heterocycles. The van der Waals surface area contributed by atoms with Crippen LogP contribution in [-0.2, 0) is 28.6 Å². The highest BCUT2D eigenvalue weighted by Gasteiger charge is 2.15. The van der Waals surface area contributed by atoms with Crippen LogP contribution in [-0.4, -0.2) is 33.4 Å². The average molecular weight is 317 g/mol. The van der Waals surface area contributed by atoms with Gasteiger partial charge in [0.1, 0.15) is 12.3 Å². The monoisotopic (exact) mass is 317 g/mol. The Balaban J connectivity index is 1.87. The second-order valence-corrected chi connectivity index (χ2v) is 10.3. The van der Waals surface area contributed by atoms with Crippen molar-refractivity contribution >= 4 is 34.8 Å². The van der Waals surface area contributed by atoms with Gasteiger partial charge in [-0.25, -0.2) is 0 Å². The van der Waals surface area contributed by atoms with Gasteiger partial charge in [0.05, 0.1) is 26.8 Å². The number of methoxy groups -OCH3 is 1. The predicted octanol–water partition coefficient (Wildman–Crippen LogP) is 0.872. The van der Waals surface area contributed by atoms with Gasteiger partial charge in [-0.05, 0) is 35.0 Å². The zero-order valence-electron chi connectivity index (χ0n) is 11.1. The van der Waals surface area contributed by atoms with Crippen LogP contribution in [0.25, 0.3) is 0 Å². The number of nitrogens with one attached hydrogen (secondary N) is 1. The Bertz CT molecular complexity index is 446. The lowest BCUT2D eigenvalue weighted by Crippen LogP contribution is -3.10. The number of quaternary nitrogens is 1. The van der Waals surface area contributed by atoms with Crippen molar-refractivity contribution in [2.45, 2.75) is 12.8 Å². The summed E-state index contributed by atoms with van der Waals surface area (Å²) in [4.78, 5) is 1.61. The highest BCUT2D eigenvalue weighted by Crippen LogP contribution is 2.43. The van der Waals surface area contributed by atoms with Gasteiger partial charge < -0.3 is 26.4 Å². The van der Waals surface area contributed by atoms with Gasteiger partial charge in [0, 0.05) is 12.8 Å². The standard InChI is InChI=1S/C13H20NO2PS2/c1-15-12-4-6-13(7-5-12)17(18,19)16-11-10-14-8-2-3-9-14/h4-7H,2-3,8-11H2,1H3,(H,18,19). The van der Waals surface area contributed by atoms with Crippen LogP contribution in [0.4, 0.5) is 0 Å². The quantitative estimate of drug-likeness (QED) is 0.621. The predicted molar refractivity (Wildman–Crippen MR) is 85.0 cm³/mol. The Hall–Kier alpha value is -0.0600. The van der Waals surface area contributed by atoms with E-state index in [1.54, 1.807) is 12.0 Å². The molecular weight excluding hydrogens is 297 g/mol. The number of hydrogen-bond acceptors (Lipinski definition) is 4. The van der Waals surface area contributed by atoms with Crippen LogP contribution in [0.1, 0.15) is 12.8 Å². The van der Waals surface area contributed by atoms with Gasteiger partial charge in [0.15, 0.2) is 0 Å². The number of benzene rings is 1. The summed E-state index contributed by atoms with van der Waals surface area (Å²) in [5.74, 6) is 0.815. The van der Waals surface area contributed by atoms with Crippen molar-refractivity contribution in [3.63, 3.8) is 0 Å². The largest absolute Gasteiger partial charge is 0.715 e. The van der Waals surface area contributed by atoms with Crippen molar-refractivity contribution in [3.8, 4) is 5.75 Å². The Morgan fingerprint density at radius 2 is 1.89 bits per heavy atom. The van der Waals surface area contributed by atoms with E-state index in [0.29, 0.717) is 6.61 Å². The summed E-state index contributed by atoms with van der Waals surface area (Å²) in [6, 6.07) is 7.63. The molecule has 1 saturated heterocycles. The first-order valence-electron chi connectivity index (χ1n) is 6.55. The molecule has 6 heteroatoms. The van der Waals surface area contributed by atoms with Gasteiger partial charge in [-0.1, -0.05) is 11.8 Å². The molecule has 0 bridgehead atoms. The maximum absolute atomic E-state index is 5.83. The Morgan fingerprint density at radius 1 is 1.26 bits per heavy atom. The number of likely N-dealkylation sites (tertiary alicyclic amines) is 1. The van der Waals surface area contributed by atoms with Crippen LogP contribution in [0.15, 0.2) is 24.3 Å². The molecule has 0 aliphatic carbocycles. The summed E-state index contributed by atoms with van der Waals surface area (Å²) in [7, 11) is 1.65. The highest BCUT2D eigenvalue weighted by atomic mass is 32.9. The van der Waals surface area contributed by atoms with Crippen LogP contribution >= 0.6 is 5.47 Å². The molecule has 0 saturated carbocycles. The van der Waals surface area contributed by atoms with Gasteiger partial charge in [-0.15, -0.1) is 0 Å². The van der Waals surface area contributed by atoms with Crippen LogP contribution in [0.5, 0.6) is 5.75 Å². The summed E-state index contributed by atoms with van der Waals surface area (Å²) in [5, 5.41) is 0.940. The van der Waals surface area contributed by atoms with Crippen LogP contribution in [0, 0.1) is 0 Å². The van der Waals surface area contributed by atoms with Crippen molar-refractivity contribution in [2.75, 3.05) is 33.4 Å². The summed E-state index contributed by atoms with van der Waals surface area (Å²) in [6.45, 7) is 4.20. The van der Waals surface area contributed by atoms with Gasteiger partial charge >= 0.3 is 0 Å². The summed E-state index contributed by atoms with van der Waals surface area (Å²) < 4.78 is 11.0. The highest BCUT2D eigenvalue weighted by molar-refractivity contribution is 8.56. The van der Waals surface area contributed by atoms with Crippen molar-refractivity contribution in [1.82, 2.24) is 0 Å². The van der Waals surface area contributed by atoms with Gasteiger partial charge in [0.2, 0.25) is 0 Å². The second-order valence-electron chi connectivity index (χ2n) is 4.74. The maximum atomic E-state index is 5.83. The van der Waals surface area contributed by atoms with E-state index in [9.17, 15) is 0 Å². The molecule has 1 aliphatic heterocycles. The fourth-order valence-corrected chi connectivity index (χ4v) is 4.45. The lowest BCUT2D eigenvalue weighted by molar-refractivity contribution is -0.887. The fraction of sp³-hybridized carbons (Fsp3) is 0.538. The Morgan fingerprint density at radius 3 is 2.47 bits per heavy atom. The van der Waals surface area contributed by atoms with Gasteiger partial charge in [-0.3, -0.25) is 0 Å². The fourth-order valence-electron chi connectivity index (χ4n) is 2.27. The minimum Gasteiger partial charge on any atom is -0.715 e. The maximum Gasteiger partial charge on any atom is 0.118 e. The van der Waals surface area contributed by atoms with E-state index in [-0.39, 0.29) is 0 Å². The van der Waals surface area contributed by atoms with Crippen molar-refractivity contribution in [1.29, 1.82) is 0 Å². The molecule has 19 heavy (non-hydrogen) atoms. The summed E-state index contributed by atoms with van der Waals surface area (Å²) in [6.07, 6.45) is 2.66. The third kappa shape index (κ3) is 4.47. The molecule has 1 aromatic rings. The van der Waals surface area contributed by atoms with E-state index in [2.05, 4.69) is 0 Å². The first kappa shape index (κ1) is 15.3. The zero-order valence-corrected chi connectivity index (χ0v) is 13.7. The normalized spacial score (nSPS) is 19.3. The van der Waals surface area contributed by atoms with E-state index in [1.807, 2.05) is 24.3 Å². The smallest absolute Gasteiger partial charge is 0.118 e. The van der Waals surface area contributed by atoms with E-state index < -0.39 is 5.47 Å². The molecule has 0 amide bonds. The molecule has 0 radical (unpaired) electrons. The second kappa shape index (κ2) is 7.09. The zero-order chi connectivity index (χ0) is 13.7. The molecule has 1 atom stereocenters. The number of ether oxygens (including phenoxy) is 1. The van der Waals surface area contributed by atoms with E-state index in [4.69, 9.17) is 33.3 Å². The molecule has 1 fully saturated rings. The van der Waals surface area contributed by atoms with Crippen molar-refractivity contribution < 1.29 is 14.2 Å². The van der Waals surface area contributed by atoms with Crippen LogP contribution in [0.2, 0.25) is 0 Å². The van der Waals surface area contributed by atoms with Crippen LogP contribution < -0.4 is 14.9 Å². The SMILES string of the molecule is COc1ccc(P(=S)([S-])OCC[NH+]2CCCC2)cc1. The molecule has 1 N–H and O–H groups in total. The number of hydrogen-bond donors (Lipinski definition) is 1. The lowest BCUT2D eigenvalue weighted by Gasteiger charge is -2.29. The molecular formula is C13H20NO2PS2. The molecule has 1 aliphatic rings. The third-order valence-corrected chi connectivity index (χ3v) is 6.77. The van der Waals surface area contributed by atoms with Crippen molar-refractivity contribution in [2.24, 2.45) is 0 Å². The average Bonchev–Trinajstić information content (AvgIpc) is 2.92. The molecule has 1 unspecified atom stereocenters. The lowest BCUT2D eigenvalue weighted by atomic mass is 10.3. The minimum atomic E-state index is -2.28. The molecule has 106 valence electrons. The Labute approximate surface area is 125 Å². The number of rotatable bonds is 6. The third-order valence-electron chi connectivity index (χ3n) is 3.42. The van der Waals surface area contributed by atoms with Crippen LogP contribution in [0.3, 0.4) is 0 Å². The minimum absolute atomic E-state index is 0.669. The van der Waals surface area contributed by atoms with E-state index in [0.717, 1.165) is 17.6 Å². The van der Waals surface area contributed by atoms with Gasteiger partial charge in [-0.2, -0.15) is 0 Å². The molecule has 2 rings (SSSR count). The molecule has 3 nitrogen and oxygen atoms in total. The molecule has 0 spiro atoms. The van der Waals surface area contributed by atoms with Crippen molar-refractivity contribution in [3.05, 3.63) is 24.3 Å². The van der Waals surface area contributed by atoms with Gasteiger partial charge in [0.25, 0.3) is 0 Å². The molecule has 1 aromatic carbocycles. The molecule has 0 aromatic heterocycles. The Kier molecular flexibility index (Phi) is 5.72. The first-order valence-corrected chi connectivity index (χ1v) is 10.3. The topological polar surface area (TPSA) is 22.9 Å². The van der Waals surface area contributed by atoms with E-state index >= 15 is 0 Å². The van der Waals surface area contributed by atoms with E-state index in [1.165, 1.54) is 25.9 Å². The summed E-state index contributed by atoms with van der Waals surface area (Å²) >= 11 is 11.0.